The van der Waals surface area contributed by atoms with Crippen LogP contribution in [0.25, 0.3) is 0 Å². The molecule has 7 nitrogen and oxygen atoms in total. The van der Waals surface area contributed by atoms with Crippen LogP contribution in [-0.4, -0.2) is 34.3 Å². The highest BCUT2D eigenvalue weighted by atomic mass is 32.2. The molecule has 0 saturated carbocycles. The number of hydrogen-bond acceptors (Lipinski definition) is 4. The predicted octanol–water partition coefficient (Wildman–Crippen LogP) is 1.77. The Kier molecular flexibility index (Phi) is 5.15. The summed E-state index contributed by atoms with van der Waals surface area (Å²) in [4.78, 5) is 3.89. The summed E-state index contributed by atoms with van der Waals surface area (Å²) in [6, 6.07) is 0. The second-order valence-electron chi connectivity index (χ2n) is 5.14. The van der Waals surface area contributed by atoms with E-state index in [0.717, 1.165) is 5.82 Å². The van der Waals surface area contributed by atoms with Gasteiger partial charge in [-0.15, -0.1) is 0 Å². The maximum Gasteiger partial charge on any atom is 0.333 e. The highest BCUT2D eigenvalue weighted by Crippen LogP contribution is 2.23. The first-order valence-corrected chi connectivity index (χ1v) is 8.53. The van der Waals surface area contributed by atoms with E-state index in [-0.39, 0.29) is 22.8 Å². The summed E-state index contributed by atoms with van der Waals surface area (Å²) >= 11 is 0. The number of sulfonamides is 1. The molecule has 10 heteroatoms. The smallest absolute Gasteiger partial charge is 0.333 e. The van der Waals surface area contributed by atoms with Gasteiger partial charge in [0.2, 0.25) is 10.0 Å². The Labute approximate surface area is 133 Å². The molecule has 128 valence electrons. The highest BCUT2D eigenvalue weighted by Gasteiger charge is 2.26. The number of rotatable bonds is 7. The lowest BCUT2D eigenvalue weighted by atomic mass is 10.4. The molecule has 2 heterocycles. The molecular formula is C13H19F2N5O2S. The number of aryl methyl sites for hydroxylation is 3. The minimum atomic E-state index is -3.88. The van der Waals surface area contributed by atoms with E-state index in [9.17, 15) is 17.2 Å². The van der Waals surface area contributed by atoms with Crippen LogP contribution in [0.2, 0.25) is 0 Å². The molecule has 0 spiro atoms. The maximum absolute atomic E-state index is 12.8. The van der Waals surface area contributed by atoms with E-state index < -0.39 is 16.6 Å². The molecule has 0 aliphatic rings. The summed E-state index contributed by atoms with van der Waals surface area (Å²) in [7, 11) is -3.88. The van der Waals surface area contributed by atoms with Crippen LogP contribution in [0.1, 0.15) is 30.2 Å². The minimum absolute atomic E-state index is 0.0563. The minimum Gasteiger partial charge on any atom is -0.335 e. The number of nitrogens with zero attached hydrogens (tertiary/aromatic N) is 4. The Morgan fingerprint density at radius 2 is 2.00 bits per heavy atom. The van der Waals surface area contributed by atoms with Crippen molar-refractivity contribution in [3.63, 3.8) is 0 Å². The quantitative estimate of drug-likeness (QED) is 0.774. The summed E-state index contributed by atoms with van der Waals surface area (Å²) < 4.78 is 54.9. The molecule has 0 aliphatic carbocycles. The Morgan fingerprint density at radius 3 is 2.52 bits per heavy atom. The lowest BCUT2D eigenvalue weighted by Crippen LogP contribution is -2.26. The van der Waals surface area contributed by atoms with E-state index >= 15 is 0 Å². The largest absolute Gasteiger partial charge is 0.335 e. The van der Waals surface area contributed by atoms with Gasteiger partial charge in [-0.1, -0.05) is 0 Å². The zero-order valence-corrected chi connectivity index (χ0v) is 13.9. The van der Waals surface area contributed by atoms with Gasteiger partial charge in [0.15, 0.2) is 0 Å². The Morgan fingerprint density at radius 1 is 1.30 bits per heavy atom. The van der Waals surface area contributed by atoms with E-state index in [1.807, 2.05) is 17.7 Å². The molecule has 0 bridgehead atoms. The summed E-state index contributed by atoms with van der Waals surface area (Å²) in [6.07, 6.45) is 4.03. The average Bonchev–Trinajstić information content (AvgIpc) is 2.98. The van der Waals surface area contributed by atoms with Crippen molar-refractivity contribution in [2.24, 2.45) is 0 Å². The van der Waals surface area contributed by atoms with Gasteiger partial charge in [-0.25, -0.2) is 22.8 Å². The molecule has 0 radical (unpaired) electrons. The molecule has 2 aromatic rings. The number of aromatic nitrogens is 4. The van der Waals surface area contributed by atoms with Gasteiger partial charge in [-0.3, -0.25) is 0 Å². The van der Waals surface area contributed by atoms with Crippen LogP contribution in [0, 0.1) is 20.8 Å². The van der Waals surface area contributed by atoms with Crippen LogP contribution in [0.4, 0.5) is 8.78 Å². The van der Waals surface area contributed by atoms with Crippen LogP contribution < -0.4 is 4.72 Å². The zero-order valence-electron chi connectivity index (χ0n) is 13.1. The first kappa shape index (κ1) is 17.5. The number of alkyl halides is 2. The van der Waals surface area contributed by atoms with Crippen LogP contribution in [-0.2, 0) is 16.6 Å². The standard InChI is InChI=1S/C13H19F2N5O2S/c1-9-12(10(2)20(18-9)13(14)15)23(21,22)17-5-4-7-19-8-6-16-11(19)3/h6,8,13,17H,4-5,7H2,1-3H3. The SMILES string of the molecule is Cc1nn(C(F)F)c(C)c1S(=O)(=O)NCCCn1ccnc1C. The first-order chi connectivity index (χ1) is 10.7. The first-order valence-electron chi connectivity index (χ1n) is 7.05. The molecule has 2 aromatic heterocycles. The van der Waals surface area contributed by atoms with Gasteiger partial charge < -0.3 is 4.57 Å². The van der Waals surface area contributed by atoms with Crippen LogP contribution in [0.5, 0.6) is 0 Å². The van der Waals surface area contributed by atoms with Gasteiger partial charge in [0, 0.05) is 25.5 Å². The van der Waals surface area contributed by atoms with Crippen molar-refractivity contribution in [2.75, 3.05) is 6.54 Å². The molecule has 0 aromatic carbocycles. The summed E-state index contributed by atoms with van der Waals surface area (Å²) in [5.74, 6) is 0.845. The summed E-state index contributed by atoms with van der Waals surface area (Å²) in [6.45, 7) is 2.50. The van der Waals surface area contributed by atoms with Gasteiger partial charge in [0.1, 0.15) is 10.7 Å². The van der Waals surface area contributed by atoms with Crippen molar-refractivity contribution < 1.29 is 17.2 Å². The third kappa shape index (κ3) is 3.75. The second kappa shape index (κ2) is 6.75. The lowest BCUT2D eigenvalue weighted by molar-refractivity contribution is 0.0538. The topological polar surface area (TPSA) is 81.8 Å². The van der Waals surface area contributed by atoms with Gasteiger partial charge in [-0.05, 0) is 27.2 Å². The number of hydrogen-bond donors (Lipinski definition) is 1. The Bertz CT molecular complexity index is 782. The Hall–Kier alpha value is -1.81. The molecule has 2 rings (SSSR count). The van der Waals surface area contributed by atoms with Crippen molar-refractivity contribution in [3.8, 4) is 0 Å². The van der Waals surface area contributed by atoms with Crippen LogP contribution >= 0.6 is 0 Å². The normalized spacial score (nSPS) is 12.3. The van der Waals surface area contributed by atoms with E-state index in [1.165, 1.54) is 13.8 Å². The third-order valence-corrected chi connectivity index (χ3v) is 5.22. The van der Waals surface area contributed by atoms with Crippen LogP contribution in [0.3, 0.4) is 0 Å². The van der Waals surface area contributed by atoms with Crippen molar-refractivity contribution in [1.82, 2.24) is 24.1 Å². The maximum atomic E-state index is 12.8. The van der Waals surface area contributed by atoms with E-state index in [2.05, 4.69) is 14.8 Å². The van der Waals surface area contributed by atoms with Crippen molar-refractivity contribution >= 4 is 10.0 Å². The molecule has 0 aliphatic heterocycles. The van der Waals surface area contributed by atoms with Gasteiger partial charge in [0.25, 0.3) is 0 Å². The van der Waals surface area contributed by atoms with Crippen molar-refractivity contribution in [2.45, 2.75) is 45.2 Å². The molecule has 0 fully saturated rings. The van der Waals surface area contributed by atoms with E-state index in [4.69, 9.17) is 0 Å². The van der Waals surface area contributed by atoms with Crippen molar-refractivity contribution in [1.29, 1.82) is 0 Å². The molecule has 0 saturated heterocycles. The van der Waals surface area contributed by atoms with Crippen molar-refractivity contribution in [3.05, 3.63) is 29.6 Å². The second-order valence-corrected chi connectivity index (χ2v) is 6.85. The number of halogens is 2. The number of nitrogens with one attached hydrogen (secondary N) is 1. The summed E-state index contributed by atoms with van der Waals surface area (Å²) in [5.41, 5.74) is -0.0174. The molecule has 1 N–H and O–H groups in total. The van der Waals surface area contributed by atoms with Crippen LogP contribution in [0.15, 0.2) is 17.3 Å². The molecular weight excluding hydrogens is 328 g/mol. The molecule has 0 atom stereocenters. The number of imidazole rings is 1. The predicted molar refractivity (Wildman–Crippen MR) is 79.7 cm³/mol. The van der Waals surface area contributed by atoms with E-state index in [0.29, 0.717) is 17.6 Å². The van der Waals surface area contributed by atoms with Gasteiger partial charge in [0.05, 0.1) is 11.4 Å². The van der Waals surface area contributed by atoms with E-state index in [1.54, 1.807) is 6.20 Å². The van der Waals surface area contributed by atoms with Gasteiger partial charge >= 0.3 is 6.55 Å². The highest BCUT2D eigenvalue weighted by molar-refractivity contribution is 7.89. The fourth-order valence-electron chi connectivity index (χ4n) is 2.39. The van der Waals surface area contributed by atoms with Gasteiger partial charge in [-0.2, -0.15) is 13.9 Å². The molecule has 0 unspecified atom stereocenters. The molecule has 0 amide bonds. The third-order valence-electron chi connectivity index (χ3n) is 3.50. The molecule has 23 heavy (non-hydrogen) atoms. The Balaban J connectivity index is 2.03. The lowest BCUT2D eigenvalue weighted by Gasteiger charge is -2.09. The fourth-order valence-corrected chi connectivity index (χ4v) is 3.86. The monoisotopic (exact) mass is 347 g/mol. The average molecular weight is 347 g/mol. The fraction of sp³-hybridized carbons (Fsp3) is 0.538. The summed E-state index contributed by atoms with van der Waals surface area (Å²) in [5, 5.41) is 3.59. The zero-order chi connectivity index (χ0) is 17.2.